The van der Waals surface area contributed by atoms with Gasteiger partial charge in [0, 0.05) is 23.4 Å². The predicted molar refractivity (Wildman–Crippen MR) is 156 cm³/mol. The van der Waals surface area contributed by atoms with E-state index in [0.717, 1.165) is 33.7 Å². The molecule has 2 aliphatic rings. The number of ketones is 1. The summed E-state index contributed by atoms with van der Waals surface area (Å²) in [7, 11) is 0. The third-order valence-electron chi connectivity index (χ3n) is 7.50. The molecule has 0 spiro atoms. The van der Waals surface area contributed by atoms with Gasteiger partial charge in [0.2, 0.25) is 0 Å². The summed E-state index contributed by atoms with van der Waals surface area (Å²) in [6.45, 7) is 6.44. The van der Waals surface area contributed by atoms with Gasteiger partial charge in [-0.15, -0.1) is 0 Å². The van der Waals surface area contributed by atoms with Gasteiger partial charge in [0.05, 0.1) is 27.6 Å². The third kappa shape index (κ3) is 5.03. The summed E-state index contributed by atoms with van der Waals surface area (Å²) in [4.78, 5) is 15.4. The van der Waals surface area contributed by atoms with Crippen LogP contribution < -0.4 is 15.4 Å². The van der Waals surface area contributed by atoms with Crippen molar-refractivity contribution in [2.24, 2.45) is 5.73 Å². The average molecular weight is 559 g/mol. The number of allylic oxidation sites excluding steroid dienone is 3. The molecule has 1 heterocycles. The fraction of sp³-hybridized carbons (Fsp3) is 0.250. The van der Waals surface area contributed by atoms with Crippen LogP contribution in [0.5, 0.6) is 5.75 Å². The van der Waals surface area contributed by atoms with Gasteiger partial charge in [-0.05, 0) is 80.6 Å². The first kappa shape index (κ1) is 26.9. The van der Waals surface area contributed by atoms with Gasteiger partial charge in [0.25, 0.3) is 0 Å². The highest BCUT2D eigenvalue weighted by molar-refractivity contribution is 6.42. The van der Waals surface area contributed by atoms with Crippen LogP contribution in [0.1, 0.15) is 53.0 Å². The maximum Gasteiger partial charge on any atom is 0.161 e. The van der Waals surface area contributed by atoms with E-state index in [1.54, 1.807) is 23.1 Å². The second-order valence-electron chi connectivity index (χ2n) is 10.2. The molecule has 0 amide bonds. The lowest BCUT2D eigenvalue weighted by Crippen LogP contribution is -2.39. The molecular formula is C32H29Cl2N3O2. The van der Waals surface area contributed by atoms with Crippen LogP contribution in [-0.4, -0.2) is 5.78 Å². The van der Waals surface area contributed by atoms with Gasteiger partial charge in [-0.1, -0.05) is 58.6 Å². The van der Waals surface area contributed by atoms with E-state index in [1.165, 1.54) is 5.56 Å². The zero-order valence-electron chi connectivity index (χ0n) is 22.1. The fourth-order valence-corrected chi connectivity index (χ4v) is 5.82. The molecule has 1 aliphatic heterocycles. The number of nitriles is 1. The minimum Gasteiger partial charge on any atom is -0.489 e. The number of hydrogen-bond acceptors (Lipinski definition) is 5. The van der Waals surface area contributed by atoms with Crippen LogP contribution in [0.15, 0.2) is 77.3 Å². The van der Waals surface area contributed by atoms with Crippen LogP contribution >= 0.6 is 23.2 Å². The second-order valence-corrected chi connectivity index (χ2v) is 11.0. The Morgan fingerprint density at radius 3 is 2.44 bits per heavy atom. The number of nitrogens with two attached hydrogens (primary N) is 1. The summed E-state index contributed by atoms with van der Waals surface area (Å²) in [5.41, 5.74) is 14.2. The van der Waals surface area contributed by atoms with E-state index in [0.29, 0.717) is 58.6 Å². The SMILES string of the molecule is Cc1ccc(OCc2cc(C)cc(C3C(C#N)=C(N)N(c4ccc(Cl)c(Cl)c4)C4=C3C(=O)CCC4)c2C)cc1. The van der Waals surface area contributed by atoms with Crippen molar-refractivity contribution in [3.8, 4) is 11.8 Å². The number of benzene rings is 3. The van der Waals surface area contributed by atoms with Crippen molar-refractivity contribution < 1.29 is 9.53 Å². The smallest absolute Gasteiger partial charge is 0.161 e. The molecule has 0 bridgehead atoms. The topological polar surface area (TPSA) is 79.3 Å². The Bertz CT molecular complexity index is 1580. The highest BCUT2D eigenvalue weighted by Gasteiger charge is 2.41. The Hall–Kier alpha value is -3.72. The van der Waals surface area contributed by atoms with Gasteiger partial charge in [-0.25, -0.2) is 0 Å². The molecule has 0 radical (unpaired) electrons. The lowest BCUT2D eigenvalue weighted by molar-refractivity contribution is -0.116. The Morgan fingerprint density at radius 2 is 1.74 bits per heavy atom. The van der Waals surface area contributed by atoms with E-state index in [4.69, 9.17) is 33.7 Å². The standard InChI is InChI=1S/C32H29Cl2N3O2/c1-18-7-10-23(11-8-18)39-17-21-13-19(2)14-24(20(21)3)30-25(16-35)32(36)37(22-9-12-26(33)27(34)15-22)28-5-4-6-29(38)31(28)30/h7-15,30H,4-6,17,36H2,1-3H3. The lowest BCUT2D eigenvalue weighted by atomic mass is 9.73. The monoisotopic (exact) mass is 557 g/mol. The summed E-state index contributed by atoms with van der Waals surface area (Å²) >= 11 is 12.5. The van der Waals surface area contributed by atoms with Crippen molar-refractivity contribution in [2.45, 2.75) is 52.6 Å². The highest BCUT2D eigenvalue weighted by Crippen LogP contribution is 2.48. The number of carbonyl (C=O) groups is 1. The van der Waals surface area contributed by atoms with Gasteiger partial charge in [-0.3, -0.25) is 9.69 Å². The van der Waals surface area contributed by atoms with Gasteiger partial charge < -0.3 is 10.5 Å². The number of Topliss-reactive ketones (excluding diaryl/α,β-unsaturated/α-hetero) is 1. The van der Waals surface area contributed by atoms with Crippen LogP contribution in [0.4, 0.5) is 5.69 Å². The Morgan fingerprint density at radius 1 is 1.00 bits per heavy atom. The molecule has 5 rings (SSSR count). The van der Waals surface area contributed by atoms with Crippen LogP contribution in [0.2, 0.25) is 10.0 Å². The number of halogens is 2. The lowest BCUT2D eigenvalue weighted by Gasteiger charge is -2.40. The molecule has 7 heteroatoms. The van der Waals surface area contributed by atoms with E-state index < -0.39 is 5.92 Å². The maximum absolute atomic E-state index is 13.6. The molecule has 1 aliphatic carbocycles. The minimum atomic E-state index is -0.560. The number of ether oxygens (including phenoxy) is 1. The van der Waals surface area contributed by atoms with Crippen molar-refractivity contribution >= 4 is 34.7 Å². The zero-order valence-corrected chi connectivity index (χ0v) is 23.7. The van der Waals surface area contributed by atoms with Crippen molar-refractivity contribution in [1.29, 1.82) is 5.26 Å². The normalized spacial score (nSPS) is 17.3. The van der Waals surface area contributed by atoms with Crippen molar-refractivity contribution in [1.82, 2.24) is 0 Å². The quantitative estimate of drug-likeness (QED) is 0.346. The van der Waals surface area contributed by atoms with E-state index >= 15 is 0 Å². The minimum absolute atomic E-state index is 0.0323. The summed E-state index contributed by atoms with van der Waals surface area (Å²) in [6, 6.07) is 19.6. The first-order valence-electron chi connectivity index (χ1n) is 12.9. The molecule has 0 saturated heterocycles. The van der Waals surface area contributed by atoms with E-state index in [9.17, 15) is 10.1 Å². The molecule has 1 atom stereocenters. The van der Waals surface area contributed by atoms with E-state index in [1.807, 2.05) is 45.0 Å². The summed E-state index contributed by atoms with van der Waals surface area (Å²) in [5, 5.41) is 11.2. The third-order valence-corrected chi connectivity index (χ3v) is 8.24. The second kappa shape index (κ2) is 10.8. The average Bonchev–Trinajstić information content (AvgIpc) is 2.91. The molecule has 2 N–H and O–H groups in total. The Balaban J connectivity index is 1.63. The van der Waals surface area contributed by atoms with E-state index in [2.05, 4.69) is 18.2 Å². The highest BCUT2D eigenvalue weighted by atomic mass is 35.5. The molecule has 0 saturated carbocycles. The Labute approximate surface area is 239 Å². The molecule has 0 aromatic heterocycles. The zero-order chi connectivity index (χ0) is 27.8. The van der Waals surface area contributed by atoms with Crippen molar-refractivity contribution in [3.05, 3.63) is 115 Å². The summed E-state index contributed by atoms with van der Waals surface area (Å²) in [5.74, 6) is 0.555. The molecule has 3 aromatic rings. The van der Waals surface area contributed by atoms with Gasteiger partial charge >= 0.3 is 0 Å². The molecule has 5 nitrogen and oxygen atoms in total. The molecule has 1 unspecified atom stereocenters. The fourth-order valence-electron chi connectivity index (χ4n) is 5.53. The maximum atomic E-state index is 13.6. The Kier molecular flexibility index (Phi) is 7.44. The first-order valence-corrected chi connectivity index (χ1v) is 13.7. The molecule has 39 heavy (non-hydrogen) atoms. The van der Waals surface area contributed by atoms with Crippen LogP contribution in [-0.2, 0) is 11.4 Å². The number of rotatable bonds is 5. The number of nitrogens with zero attached hydrogens (tertiary/aromatic N) is 2. The number of hydrogen-bond donors (Lipinski definition) is 1. The summed E-state index contributed by atoms with van der Waals surface area (Å²) < 4.78 is 6.11. The molecule has 0 fully saturated rings. The van der Waals surface area contributed by atoms with Crippen molar-refractivity contribution in [2.75, 3.05) is 4.90 Å². The van der Waals surface area contributed by atoms with Gasteiger partial charge in [0.1, 0.15) is 18.2 Å². The van der Waals surface area contributed by atoms with Gasteiger partial charge in [-0.2, -0.15) is 5.26 Å². The van der Waals surface area contributed by atoms with Crippen LogP contribution in [0.25, 0.3) is 0 Å². The number of carbonyl (C=O) groups excluding carboxylic acids is 1. The first-order chi connectivity index (χ1) is 18.7. The largest absolute Gasteiger partial charge is 0.489 e. The summed E-state index contributed by atoms with van der Waals surface area (Å²) in [6.07, 6.45) is 1.79. The van der Waals surface area contributed by atoms with Crippen molar-refractivity contribution in [3.63, 3.8) is 0 Å². The predicted octanol–water partition coefficient (Wildman–Crippen LogP) is 7.80. The molecule has 198 valence electrons. The molecular weight excluding hydrogens is 529 g/mol. The molecule has 3 aromatic carbocycles. The van der Waals surface area contributed by atoms with Crippen LogP contribution in [0, 0.1) is 32.1 Å². The van der Waals surface area contributed by atoms with Gasteiger partial charge in [0.15, 0.2) is 5.78 Å². The number of anilines is 1. The number of aryl methyl sites for hydroxylation is 2. The van der Waals surface area contributed by atoms with Crippen LogP contribution in [0.3, 0.4) is 0 Å². The van der Waals surface area contributed by atoms with E-state index in [-0.39, 0.29) is 5.78 Å².